The Hall–Kier alpha value is -0.220. The van der Waals surface area contributed by atoms with Crippen molar-refractivity contribution in [3.63, 3.8) is 0 Å². The minimum Gasteiger partial charge on any atom is -0.323 e. The molecule has 0 aromatic rings. The number of nitrogens with zero attached hydrogens (tertiary/aromatic N) is 1. The van der Waals surface area contributed by atoms with Crippen LogP contribution in [0.3, 0.4) is 0 Å². The molecule has 1 saturated heterocycles. The van der Waals surface area contributed by atoms with E-state index in [2.05, 4.69) is 0 Å². The maximum Gasteiger partial charge on any atom is 0.251 e. The second-order valence-electron chi connectivity index (χ2n) is 3.28. The third kappa shape index (κ3) is 2.10. The Morgan fingerprint density at radius 1 is 1.55 bits per heavy atom. The van der Waals surface area contributed by atoms with Crippen LogP contribution in [0.25, 0.3) is 0 Å². The highest BCUT2D eigenvalue weighted by Gasteiger charge is 2.38. The van der Waals surface area contributed by atoms with Gasteiger partial charge in [-0.3, -0.25) is 4.90 Å². The molecule has 2 N–H and O–H groups in total. The zero-order valence-electron chi connectivity index (χ0n) is 6.69. The van der Waals surface area contributed by atoms with Gasteiger partial charge in [-0.1, -0.05) is 6.92 Å². The fourth-order valence-electron chi connectivity index (χ4n) is 1.39. The zero-order chi connectivity index (χ0) is 8.48. The average Bonchev–Trinajstić information content (AvgIpc) is 1.83. The van der Waals surface area contributed by atoms with Crippen LogP contribution < -0.4 is 5.73 Å². The van der Waals surface area contributed by atoms with E-state index in [1.165, 1.54) is 0 Å². The normalized spacial score (nSPS) is 23.7. The molecule has 0 atom stereocenters. The van der Waals surface area contributed by atoms with Crippen molar-refractivity contribution in [2.45, 2.75) is 25.3 Å². The molecular formula is C7H14F2N2. The van der Waals surface area contributed by atoms with E-state index in [-0.39, 0.29) is 12.1 Å². The molecule has 1 fully saturated rings. The lowest BCUT2D eigenvalue weighted by Crippen LogP contribution is -2.67. The van der Waals surface area contributed by atoms with Crippen LogP contribution in [0.2, 0.25) is 0 Å². The van der Waals surface area contributed by atoms with Gasteiger partial charge in [0.15, 0.2) is 0 Å². The van der Waals surface area contributed by atoms with Crippen LogP contribution in [0.1, 0.15) is 13.3 Å². The van der Waals surface area contributed by atoms with E-state index < -0.39 is 6.43 Å². The number of likely N-dealkylation sites (tertiary alicyclic amines) is 1. The summed E-state index contributed by atoms with van der Waals surface area (Å²) in [5, 5.41) is 0. The van der Waals surface area contributed by atoms with Crippen molar-refractivity contribution in [3.8, 4) is 0 Å². The average molecular weight is 164 g/mol. The van der Waals surface area contributed by atoms with Crippen LogP contribution in [-0.2, 0) is 0 Å². The van der Waals surface area contributed by atoms with Gasteiger partial charge >= 0.3 is 0 Å². The third-order valence-corrected chi connectivity index (χ3v) is 2.18. The van der Waals surface area contributed by atoms with E-state index in [1.807, 2.05) is 6.92 Å². The van der Waals surface area contributed by atoms with E-state index in [9.17, 15) is 8.78 Å². The molecule has 0 bridgehead atoms. The van der Waals surface area contributed by atoms with Crippen molar-refractivity contribution in [3.05, 3.63) is 0 Å². The second-order valence-corrected chi connectivity index (χ2v) is 3.28. The Bertz CT molecular complexity index is 132. The number of rotatable bonds is 3. The van der Waals surface area contributed by atoms with Crippen LogP contribution in [0, 0.1) is 0 Å². The van der Waals surface area contributed by atoms with Gasteiger partial charge in [-0.25, -0.2) is 8.78 Å². The fourth-order valence-corrected chi connectivity index (χ4v) is 1.39. The Balaban J connectivity index is 2.18. The Kier molecular flexibility index (Phi) is 2.44. The number of hydrogen-bond donors (Lipinski definition) is 1. The predicted octanol–water partition coefficient (Wildman–Crippen LogP) is 0.675. The van der Waals surface area contributed by atoms with Gasteiger partial charge in [0.1, 0.15) is 0 Å². The summed E-state index contributed by atoms with van der Waals surface area (Å²) < 4.78 is 23.6. The number of nitrogens with two attached hydrogens (primary N) is 1. The smallest absolute Gasteiger partial charge is 0.251 e. The largest absolute Gasteiger partial charge is 0.323 e. The monoisotopic (exact) mass is 164 g/mol. The molecule has 0 aromatic heterocycles. The highest BCUT2D eigenvalue weighted by molar-refractivity contribution is 4.98. The van der Waals surface area contributed by atoms with Gasteiger partial charge in [0.05, 0.1) is 6.54 Å². The summed E-state index contributed by atoms with van der Waals surface area (Å²) >= 11 is 0. The topological polar surface area (TPSA) is 29.3 Å². The molecule has 0 unspecified atom stereocenters. The fraction of sp³-hybridized carbons (Fsp3) is 1.00. The number of halogens is 2. The van der Waals surface area contributed by atoms with Gasteiger partial charge in [0.2, 0.25) is 0 Å². The first-order valence-electron chi connectivity index (χ1n) is 3.85. The molecule has 0 saturated carbocycles. The molecule has 66 valence electrons. The van der Waals surface area contributed by atoms with Crippen LogP contribution in [-0.4, -0.2) is 36.5 Å². The number of alkyl halides is 2. The van der Waals surface area contributed by atoms with Crippen LogP contribution in [0.4, 0.5) is 8.78 Å². The molecule has 0 radical (unpaired) electrons. The second kappa shape index (κ2) is 3.03. The van der Waals surface area contributed by atoms with Crippen molar-refractivity contribution in [1.29, 1.82) is 0 Å². The lowest BCUT2D eigenvalue weighted by atomic mass is 9.88. The van der Waals surface area contributed by atoms with E-state index >= 15 is 0 Å². The first-order valence-corrected chi connectivity index (χ1v) is 3.85. The summed E-state index contributed by atoms with van der Waals surface area (Å²) in [5.74, 6) is 0. The van der Waals surface area contributed by atoms with E-state index in [0.29, 0.717) is 13.1 Å². The SMILES string of the molecule is CCC1(N)CN(CC(F)F)C1. The Labute approximate surface area is 65.4 Å². The first kappa shape index (κ1) is 8.87. The highest BCUT2D eigenvalue weighted by atomic mass is 19.3. The quantitative estimate of drug-likeness (QED) is 0.664. The molecule has 1 rings (SSSR count). The summed E-state index contributed by atoms with van der Waals surface area (Å²) in [5.41, 5.74) is 5.60. The van der Waals surface area contributed by atoms with Gasteiger partial charge in [0, 0.05) is 18.6 Å². The molecule has 1 aliphatic heterocycles. The van der Waals surface area contributed by atoms with Gasteiger partial charge in [-0.2, -0.15) is 0 Å². The van der Waals surface area contributed by atoms with Crippen LogP contribution in [0.5, 0.6) is 0 Å². The van der Waals surface area contributed by atoms with E-state index in [1.54, 1.807) is 4.90 Å². The molecular weight excluding hydrogens is 150 g/mol. The zero-order valence-corrected chi connectivity index (χ0v) is 6.69. The summed E-state index contributed by atoms with van der Waals surface area (Å²) in [4.78, 5) is 1.69. The van der Waals surface area contributed by atoms with Gasteiger partial charge in [-0.15, -0.1) is 0 Å². The summed E-state index contributed by atoms with van der Waals surface area (Å²) in [6.07, 6.45) is -1.36. The number of hydrogen-bond acceptors (Lipinski definition) is 2. The van der Waals surface area contributed by atoms with E-state index in [4.69, 9.17) is 5.73 Å². The maximum absolute atomic E-state index is 11.8. The standard InChI is InChI=1S/C7H14F2N2/c1-2-7(10)4-11(5-7)3-6(8)9/h6H,2-5,10H2,1H3. The van der Waals surface area contributed by atoms with Gasteiger partial charge in [0.25, 0.3) is 6.43 Å². The van der Waals surface area contributed by atoms with Crippen LogP contribution >= 0.6 is 0 Å². The predicted molar refractivity (Wildman–Crippen MR) is 39.7 cm³/mol. The molecule has 0 amide bonds. The van der Waals surface area contributed by atoms with Crippen molar-refractivity contribution >= 4 is 0 Å². The van der Waals surface area contributed by atoms with Gasteiger partial charge in [-0.05, 0) is 6.42 Å². The first-order chi connectivity index (χ1) is 5.06. The Morgan fingerprint density at radius 3 is 2.45 bits per heavy atom. The van der Waals surface area contributed by atoms with Crippen LogP contribution in [0.15, 0.2) is 0 Å². The van der Waals surface area contributed by atoms with E-state index in [0.717, 1.165) is 6.42 Å². The van der Waals surface area contributed by atoms with Crippen molar-refractivity contribution in [2.75, 3.05) is 19.6 Å². The summed E-state index contributed by atoms with van der Waals surface area (Å²) in [6.45, 7) is 3.10. The molecule has 0 spiro atoms. The molecule has 1 aliphatic rings. The molecule has 4 heteroatoms. The minimum absolute atomic E-state index is 0.126. The minimum atomic E-state index is -2.23. The highest BCUT2D eigenvalue weighted by Crippen LogP contribution is 2.21. The van der Waals surface area contributed by atoms with Crippen molar-refractivity contribution in [2.24, 2.45) is 5.73 Å². The lowest BCUT2D eigenvalue weighted by Gasteiger charge is -2.47. The molecule has 0 aliphatic carbocycles. The van der Waals surface area contributed by atoms with Crippen molar-refractivity contribution < 1.29 is 8.78 Å². The third-order valence-electron chi connectivity index (χ3n) is 2.18. The Morgan fingerprint density at radius 2 is 2.09 bits per heavy atom. The molecule has 11 heavy (non-hydrogen) atoms. The lowest BCUT2D eigenvalue weighted by molar-refractivity contribution is 0.00903. The summed E-state index contributed by atoms with van der Waals surface area (Å²) in [6, 6.07) is 0. The van der Waals surface area contributed by atoms with Gasteiger partial charge < -0.3 is 5.73 Å². The summed E-state index contributed by atoms with van der Waals surface area (Å²) in [7, 11) is 0. The molecule has 0 aromatic carbocycles. The maximum atomic E-state index is 11.8. The van der Waals surface area contributed by atoms with Crippen molar-refractivity contribution in [1.82, 2.24) is 4.90 Å². The molecule has 1 heterocycles. The molecule has 2 nitrogen and oxygen atoms in total.